The molecular formula is C9H13NO2. The third-order valence-electron chi connectivity index (χ3n) is 1.55. The highest BCUT2D eigenvalue weighted by atomic mass is 16.3. The van der Waals surface area contributed by atoms with Crippen LogP contribution in [0.4, 0.5) is 0 Å². The molecule has 0 unspecified atom stereocenters. The van der Waals surface area contributed by atoms with E-state index in [4.69, 9.17) is 5.11 Å². The zero-order valence-electron chi connectivity index (χ0n) is 7.53. The summed E-state index contributed by atoms with van der Waals surface area (Å²) in [6.45, 7) is 5.52. The first-order valence-electron chi connectivity index (χ1n) is 3.83. The second kappa shape index (κ2) is 2.66. The van der Waals surface area contributed by atoms with Crippen LogP contribution in [0, 0.1) is 5.41 Å². The molecule has 0 atom stereocenters. The van der Waals surface area contributed by atoms with Gasteiger partial charge in [-0.15, -0.1) is 0 Å². The molecule has 12 heavy (non-hydrogen) atoms. The quantitative estimate of drug-likeness (QED) is 0.641. The molecule has 1 aromatic heterocycles. The number of aromatic hydroxyl groups is 1. The number of rotatable bonds is 0. The van der Waals surface area contributed by atoms with Gasteiger partial charge in [0.1, 0.15) is 5.75 Å². The van der Waals surface area contributed by atoms with E-state index >= 15 is 0 Å². The first-order chi connectivity index (χ1) is 5.41. The van der Waals surface area contributed by atoms with E-state index in [2.05, 4.69) is 0 Å². The Balaban J connectivity index is 2.93. The predicted octanol–water partition coefficient (Wildman–Crippen LogP) is 1.88. The highest BCUT2D eigenvalue weighted by Gasteiger charge is 2.22. The lowest BCUT2D eigenvalue weighted by Gasteiger charge is -2.16. The zero-order valence-corrected chi connectivity index (χ0v) is 7.53. The molecule has 1 heterocycles. The fourth-order valence-electron chi connectivity index (χ4n) is 0.899. The molecule has 3 heteroatoms. The molecule has 0 radical (unpaired) electrons. The molecule has 3 nitrogen and oxygen atoms in total. The summed E-state index contributed by atoms with van der Waals surface area (Å²) in [6.07, 6.45) is 2.97. The van der Waals surface area contributed by atoms with E-state index in [1.807, 2.05) is 20.8 Å². The molecule has 0 saturated heterocycles. The second-order valence-electron chi connectivity index (χ2n) is 3.83. The molecule has 1 N–H and O–H groups in total. The van der Waals surface area contributed by atoms with Crippen LogP contribution in [0.3, 0.4) is 0 Å². The Morgan fingerprint density at radius 3 is 2.42 bits per heavy atom. The van der Waals surface area contributed by atoms with E-state index in [1.54, 1.807) is 6.20 Å². The standard InChI is InChI=1S/C9H13NO2/c1-9(2,3)8(12)10-5-4-7(11)6-10/h4-6,11H,1-3H3. The normalized spacial score (nSPS) is 11.6. The van der Waals surface area contributed by atoms with Crippen LogP contribution < -0.4 is 0 Å². The van der Waals surface area contributed by atoms with Crippen molar-refractivity contribution in [3.8, 4) is 5.75 Å². The SMILES string of the molecule is CC(C)(C)C(=O)n1ccc(O)c1. The third kappa shape index (κ3) is 1.67. The van der Waals surface area contributed by atoms with Gasteiger partial charge in [0, 0.05) is 11.6 Å². The largest absolute Gasteiger partial charge is 0.506 e. The Bertz CT molecular complexity index is 294. The van der Waals surface area contributed by atoms with Gasteiger partial charge >= 0.3 is 0 Å². The smallest absolute Gasteiger partial charge is 0.236 e. The lowest BCUT2D eigenvalue weighted by atomic mass is 9.96. The van der Waals surface area contributed by atoms with Crippen molar-refractivity contribution >= 4 is 5.91 Å². The molecule has 0 bridgehead atoms. The summed E-state index contributed by atoms with van der Waals surface area (Å²) in [6, 6.07) is 1.49. The average Bonchev–Trinajstić information content (AvgIpc) is 2.32. The van der Waals surface area contributed by atoms with Crippen molar-refractivity contribution in [1.29, 1.82) is 0 Å². The maximum absolute atomic E-state index is 11.5. The van der Waals surface area contributed by atoms with Gasteiger partial charge in [0.15, 0.2) is 0 Å². The van der Waals surface area contributed by atoms with E-state index in [9.17, 15) is 4.79 Å². The molecule has 0 fully saturated rings. The summed E-state index contributed by atoms with van der Waals surface area (Å²) >= 11 is 0. The summed E-state index contributed by atoms with van der Waals surface area (Å²) in [5, 5.41) is 8.99. The van der Waals surface area contributed by atoms with Crippen LogP contribution in [0.25, 0.3) is 0 Å². The molecule has 0 spiro atoms. The van der Waals surface area contributed by atoms with Crippen molar-refractivity contribution in [3.63, 3.8) is 0 Å². The summed E-state index contributed by atoms with van der Waals surface area (Å²) in [4.78, 5) is 11.5. The van der Waals surface area contributed by atoms with Crippen LogP contribution in [0.15, 0.2) is 18.5 Å². The fraction of sp³-hybridized carbons (Fsp3) is 0.444. The van der Waals surface area contributed by atoms with E-state index in [0.29, 0.717) is 0 Å². The predicted molar refractivity (Wildman–Crippen MR) is 46.2 cm³/mol. The number of hydrogen-bond acceptors (Lipinski definition) is 2. The van der Waals surface area contributed by atoms with Crippen molar-refractivity contribution in [2.75, 3.05) is 0 Å². The highest BCUT2D eigenvalue weighted by Crippen LogP contribution is 2.18. The fourth-order valence-corrected chi connectivity index (χ4v) is 0.899. The number of carbonyl (C=O) groups is 1. The Hall–Kier alpha value is -1.25. The Morgan fingerprint density at radius 1 is 1.50 bits per heavy atom. The van der Waals surface area contributed by atoms with Crippen LogP contribution in [-0.2, 0) is 0 Å². The van der Waals surface area contributed by atoms with Gasteiger partial charge in [0.25, 0.3) is 0 Å². The molecule has 0 saturated carbocycles. The molecule has 0 aromatic carbocycles. The van der Waals surface area contributed by atoms with Crippen molar-refractivity contribution < 1.29 is 9.90 Å². The van der Waals surface area contributed by atoms with Gasteiger partial charge in [-0.05, 0) is 6.07 Å². The van der Waals surface area contributed by atoms with Crippen molar-refractivity contribution in [2.45, 2.75) is 20.8 Å². The van der Waals surface area contributed by atoms with Crippen LogP contribution in [0.5, 0.6) is 5.75 Å². The number of nitrogens with zero attached hydrogens (tertiary/aromatic N) is 1. The van der Waals surface area contributed by atoms with Gasteiger partial charge in [0.05, 0.1) is 6.20 Å². The highest BCUT2D eigenvalue weighted by molar-refractivity contribution is 5.84. The molecule has 0 aliphatic carbocycles. The van der Waals surface area contributed by atoms with E-state index in [-0.39, 0.29) is 11.7 Å². The third-order valence-corrected chi connectivity index (χ3v) is 1.55. The number of hydrogen-bond donors (Lipinski definition) is 1. The van der Waals surface area contributed by atoms with Gasteiger partial charge < -0.3 is 5.11 Å². The van der Waals surface area contributed by atoms with Gasteiger partial charge in [-0.1, -0.05) is 20.8 Å². The van der Waals surface area contributed by atoms with Gasteiger partial charge in [-0.2, -0.15) is 0 Å². The number of carbonyl (C=O) groups excluding carboxylic acids is 1. The molecule has 1 aromatic rings. The lowest BCUT2D eigenvalue weighted by Crippen LogP contribution is -2.25. The summed E-state index contributed by atoms with van der Waals surface area (Å²) in [7, 11) is 0. The monoisotopic (exact) mass is 167 g/mol. The summed E-state index contributed by atoms with van der Waals surface area (Å²) in [5.74, 6) is 0.0930. The first-order valence-corrected chi connectivity index (χ1v) is 3.83. The first kappa shape index (κ1) is 8.84. The van der Waals surface area contributed by atoms with Crippen LogP contribution in [0.1, 0.15) is 25.6 Å². The lowest BCUT2D eigenvalue weighted by molar-refractivity contribution is 0.0766. The maximum atomic E-state index is 11.5. The summed E-state index contributed by atoms with van der Waals surface area (Å²) in [5.41, 5.74) is -0.411. The number of aromatic nitrogens is 1. The van der Waals surface area contributed by atoms with Crippen molar-refractivity contribution in [2.24, 2.45) is 5.41 Å². The van der Waals surface area contributed by atoms with E-state index < -0.39 is 5.41 Å². The summed E-state index contributed by atoms with van der Waals surface area (Å²) < 4.78 is 1.40. The van der Waals surface area contributed by atoms with Crippen molar-refractivity contribution in [3.05, 3.63) is 18.5 Å². The van der Waals surface area contributed by atoms with E-state index in [1.165, 1.54) is 16.8 Å². The Morgan fingerprint density at radius 2 is 2.08 bits per heavy atom. The molecule has 0 aliphatic heterocycles. The van der Waals surface area contributed by atoms with Gasteiger partial charge in [-0.25, -0.2) is 0 Å². The molecule has 1 rings (SSSR count). The van der Waals surface area contributed by atoms with Crippen LogP contribution in [-0.4, -0.2) is 15.6 Å². The maximum Gasteiger partial charge on any atom is 0.236 e. The second-order valence-corrected chi connectivity index (χ2v) is 3.83. The van der Waals surface area contributed by atoms with Crippen LogP contribution in [0.2, 0.25) is 0 Å². The average molecular weight is 167 g/mol. The molecule has 0 amide bonds. The minimum absolute atomic E-state index is 0.0252. The minimum atomic E-state index is -0.411. The Labute approximate surface area is 71.6 Å². The molecule has 0 aliphatic rings. The van der Waals surface area contributed by atoms with E-state index in [0.717, 1.165) is 0 Å². The van der Waals surface area contributed by atoms with Gasteiger partial charge in [-0.3, -0.25) is 9.36 Å². The van der Waals surface area contributed by atoms with Crippen LogP contribution >= 0.6 is 0 Å². The molecular weight excluding hydrogens is 154 g/mol. The topological polar surface area (TPSA) is 42.2 Å². The minimum Gasteiger partial charge on any atom is -0.506 e. The van der Waals surface area contributed by atoms with Crippen molar-refractivity contribution in [1.82, 2.24) is 4.57 Å². The zero-order chi connectivity index (χ0) is 9.35. The van der Waals surface area contributed by atoms with Gasteiger partial charge in [0.2, 0.25) is 5.91 Å². The molecule has 66 valence electrons. The Kier molecular flexibility index (Phi) is 1.96.